The van der Waals surface area contributed by atoms with Gasteiger partial charge in [0.2, 0.25) is 5.75 Å². The van der Waals surface area contributed by atoms with E-state index in [1.165, 1.54) is 21.3 Å². The van der Waals surface area contributed by atoms with Crippen molar-refractivity contribution >= 4 is 0 Å². The summed E-state index contributed by atoms with van der Waals surface area (Å²) in [5.41, 5.74) is 2.70. The number of hydrogen-bond acceptors (Lipinski definition) is 11. The summed E-state index contributed by atoms with van der Waals surface area (Å²) < 4.78 is 40.1. The molecular formula is C29H36O11. The zero-order valence-corrected chi connectivity index (χ0v) is 22.9. The van der Waals surface area contributed by atoms with Crippen molar-refractivity contribution in [2.75, 3.05) is 34.5 Å². The van der Waals surface area contributed by atoms with Gasteiger partial charge in [-0.3, -0.25) is 0 Å². The van der Waals surface area contributed by atoms with Crippen molar-refractivity contribution in [1.82, 2.24) is 0 Å². The second-order valence-electron chi connectivity index (χ2n) is 10.9. The van der Waals surface area contributed by atoms with Gasteiger partial charge in [-0.25, -0.2) is 0 Å². The monoisotopic (exact) mass is 560 g/mol. The molecule has 218 valence electrons. The van der Waals surface area contributed by atoms with E-state index in [0.29, 0.717) is 36.9 Å². The lowest BCUT2D eigenvalue weighted by atomic mass is 9.61. The summed E-state index contributed by atoms with van der Waals surface area (Å²) in [6.45, 7) is 2.74. The first-order chi connectivity index (χ1) is 19.2. The molecule has 11 heteroatoms. The summed E-state index contributed by atoms with van der Waals surface area (Å²) in [7, 11) is 4.49. The van der Waals surface area contributed by atoms with Crippen LogP contribution < -0.4 is 14.2 Å². The van der Waals surface area contributed by atoms with Crippen molar-refractivity contribution in [2.45, 2.75) is 62.2 Å². The Morgan fingerprint density at radius 2 is 1.45 bits per heavy atom. The molecule has 3 aliphatic heterocycles. The standard InChI is InChI=1S/C29H36O11/c1-12-38-27-23(40-29(33)26(32)28(27)39-12)8-15-14-7-19(30)20(34-2)9-16(14)24(18-11-37-10-17(15)18)13-5-21(35-3)25(31)22(6-13)36-4/h5-7,9,12,15,17-18,23-24,26-33H,8,10-11H2,1-4H3. The maximum absolute atomic E-state index is 10.9. The molecule has 2 aromatic carbocycles. The predicted octanol–water partition coefficient (Wildman–Crippen LogP) is 2.21. The lowest BCUT2D eigenvalue weighted by molar-refractivity contribution is -0.261. The second kappa shape index (κ2) is 10.6. The number of hydrogen-bond donors (Lipinski definition) is 4. The number of fused-ring (bicyclic) bond motifs is 3. The zero-order valence-electron chi connectivity index (χ0n) is 22.9. The summed E-state index contributed by atoms with van der Waals surface area (Å²) in [6.07, 6.45) is -4.57. The van der Waals surface area contributed by atoms with Gasteiger partial charge in [0, 0.05) is 5.92 Å². The average molecular weight is 561 g/mol. The molecule has 0 saturated carbocycles. The maximum Gasteiger partial charge on any atom is 0.200 e. The molecule has 0 amide bonds. The number of aliphatic hydroxyl groups excluding tert-OH is 2. The fourth-order valence-corrected chi connectivity index (χ4v) is 7.13. The van der Waals surface area contributed by atoms with E-state index in [9.17, 15) is 20.4 Å². The fourth-order valence-electron chi connectivity index (χ4n) is 7.13. The van der Waals surface area contributed by atoms with E-state index in [1.54, 1.807) is 25.1 Å². The van der Waals surface area contributed by atoms with Gasteiger partial charge in [-0.1, -0.05) is 0 Å². The van der Waals surface area contributed by atoms with Crippen LogP contribution in [-0.2, 0) is 18.9 Å². The predicted molar refractivity (Wildman–Crippen MR) is 139 cm³/mol. The lowest BCUT2D eigenvalue weighted by Crippen LogP contribution is -2.56. The third-order valence-corrected chi connectivity index (χ3v) is 8.91. The Labute approximate surface area is 232 Å². The minimum Gasteiger partial charge on any atom is -0.504 e. The van der Waals surface area contributed by atoms with Gasteiger partial charge in [-0.2, -0.15) is 0 Å². The molecule has 0 aromatic heterocycles. The van der Waals surface area contributed by atoms with Gasteiger partial charge in [0.05, 0.1) is 40.6 Å². The van der Waals surface area contributed by atoms with Crippen LogP contribution in [0.1, 0.15) is 41.9 Å². The number of ether oxygens (including phenoxy) is 7. The summed E-state index contributed by atoms with van der Waals surface area (Å²) in [5, 5.41) is 42.4. The molecule has 4 aliphatic rings. The van der Waals surface area contributed by atoms with Gasteiger partial charge in [-0.15, -0.1) is 0 Å². The first-order valence-corrected chi connectivity index (χ1v) is 13.5. The quantitative estimate of drug-likeness (QED) is 0.413. The van der Waals surface area contributed by atoms with Crippen molar-refractivity contribution in [3.8, 4) is 28.7 Å². The second-order valence-corrected chi connectivity index (χ2v) is 10.9. The minimum atomic E-state index is -1.41. The molecule has 3 fully saturated rings. The van der Waals surface area contributed by atoms with E-state index in [-0.39, 0.29) is 35.2 Å². The Morgan fingerprint density at radius 3 is 2.12 bits per heavy atom. The number of aromatic hydroxyl groups is 2. The fraction of sp³-hybridized carbons (Fsp3) is 0.586. The van der Waals surface area contributed by atoms with Gasteiger partial charge < -0.3 is 53.6 Å². The topological polar surface area (TPSA) is 146 Å². The summed E-state index contributed by atoms with van der Waals surface area (Å²) in [5.74, 6) is 0.591. The summed E-state index contributed by atoms with van der Waals surface area (Å²) in [6, 6.07) is 7.19. The molecule has 0 radical (unpaired) electrons. The highest BCUT2D eigenvalue weighted by molar-refractivity contribution is 5.58. The molecule has 0 bridgehead atoms. The molecule has 2 aromatic rings. The molecule has 4 N–H and O–H groups in total. The Bertz CT molecular complexity index is 1230. The van der Waals surface area contributed by atoms with Crippen LogP contribution in [0.25, 0.3) is 0 Å². The molecule has 3 heterocycles. The highest BCUT2D eigenvalue weighted by Gasteiger charge is 2.54. The van der Waals surface area contributed by atoms with Gasteiger partial charge in [0.25, 0.3) is 0 Å². The van der Waals surface area contributed by atoms with Gasteiger partial charge >= 0.3 is 0 Å². The van der Waals surface area contributed by atoms with Crippen LogP contribution in [0.2, 0.25) is 0 Å². The number of methoxy groups -OCH3 is 3. The van der Waals surface area contributed by atoms with E-state index in [2.05, 4.69) is 0 Å². The number of phenolic OH excluding ortho intramolecular Hbond substituents is 2. The van der Waals surface area contributed by atoms with E-state index < -0.39 is 37.0 Å². The van der Waals surface area contributed by atoms with E-state index in [4.69, 9.17) is 33.2 Å². The van der Waals surface area contributed by atoms with Gasteiger partial charge in [0.15, 0.2) is 35.6 Å². The Morgan fingerprint density at radius 1 is 0.800 bits per heavy atom. The number of aliphatic hydroxyl groups is 2. The summed E-state index contributed by atoms with van der Waals surface area (Å²) in [4.78, 5) is 0. The highest BCUT2D eigenvalue weighted by Crippen LogP contribution is 2.57. The third kappa shape index (κ3) is 4.36. The molecule has 6 rings (SSSR count). The summed E-state index contributed by atoms with van der Waals surface area (Å²) >= 11 is 0. The van der Waals surface area contributed by atoms with E-state index in [1.807, 2.05) is 6.07 Å². The molecule has 0 spiro atoms. The van der Waals surface area contributed by atoms with Crippen molar-refractivity contribution < 1.29 is 53.6 Å². The normalized spacial score (nSPS) is 36.5. The van der Waals surface area contributed by atoms with Crippen molar-refractivity contribution in [2.24, 2.45) is 11.8 Å². The molecule has 40 heavy (non-hydrogen) atoms. The van der Waals surface area contributed by atoms with Crippen LogP contribution in [0.5, 0.6) is 28.7 Å². The molecule has 10 unspecified atom stereocenters. The van der Waals surface area contributed by atoms with Crippen LogP contribution in [0.15, 0.2) is 24.3 Å². The molecule has 3 saturated heterocycles. The largest absolute Gasteiger partial charge is 0.504 e. The zero-order chi connectivity index (χ0) is 28.3. The number of rotatable bonds is 6. The third-order valence-electron chi connectivity index (χ3n) is 8.91. The van der Waals surface area contributed by atoms with Gasteiger partial charge in [-0.05, 0) is 72.1 Å². The first kappa shape index (κ1) is 27.4. The number of phenols is 2. The van der Waals surface area contributed by atoms with Crippen LogP contribution >= 0.6 is 0 Å². The van der Waals surface area contributed by atoms with Crippen LogP contribution in [0.3, 0.4) is 0 Å². The minimum absolute atomic E-state index is 0.00944. The van der Waals surface area contributed by atoms with E-state index in [0.717, 1.165) is 16.7 Å². The Balaban J connectivity index is 1.45. The Hall–Kier alpha value is -2.80. The van der Waals surface area contributed by atoms with Crippen molar-refractivity contribution in [3.63, 3.8) is 0 Å². The molecular weight excluding hydrogens is 524 g/mol. The van der Waals surface area contributed by atoms with Crippen molar-refractivity contribution in [3.05, 3.63) is 41.0 Å². The highest BCUT2D eigenvalue weighted by atomic mass is 16.8. The molecule has 1 aliphatic carbocycles. The van der Waals surface area contributed by atoms with Crippen LogP contribution in [0, 0.1) is 11.8 Å². The first-order valence-electron chi connectivity index (χ1n) is 13.5. The average Bonchev–Trinajstić information content (AvgIpc) is 3.58. The van der Waals surface area contributed by atoms with Crippen LogP contribution in [-0.4, -0.2) is 92.0 Å². The van der Waals surface area contributed by atoms with Crippen molar-refractivity contribution in [1.29, 1.82) is 0 Å². The Kier molecular flexibility index (Phi) is 7.22. The van der Waals surface area contributed by atoms with Crippen LogP contribution in [0.4, 0.5) is 0 Å². The maximum atomic E-state index is 10.9. The molecule has 11 nitrogen and oxygen atoms in total. The smallest absolute Gasteiger partial charge is 0.200 e. The molecule has 10 atom stereocenters. The number of benzene rings is 2. The van der Waals surface area contributed by atoms with Gasteiger partial charge in [0.1, 0.15) is 18.3 Å². The SMILES string of the molecule is COc1cc2c(cc1O)C(CC1OC(O)C(O)C3OC(C)OC13)C1COCC1C2c1cc(OC)c(O)c(OC)c1. The lowest BCUT2D eigenvalue weighted by Gasteiger charge is -2.44. The van der Waals surface area contributed by atoms with E-state index >= 15 is 0 Å².